The van der Waals surface area contributed by atoms with E-state index in [0.717, 1.165) is 25.2 Å². The number of guanidine groups is 1. The van der Waals surface area contributed by atoms with Gasteiger partial charge >= 0.3 is 6.18 Å². The highest BCUT2D eigenvalue weighted by atomic mass is 127. The zero-order valence-electron chi connectivity index (χ0n) is 17.7. The molecular weight excluding hydrogens is 498 g/mol. The first-order chi connectivity index (χ1) is 13.1. The van der Waals surface area contributed by atoms with Crippen LogP contribution >= 0.6 is 24.0 Å². The third-order valence-electron chi connectivity index (χ3n) is 3.93. The van der Waals surface area contributed by atoms with Gasteiger partial charge in [0.1, 0.15) is 0 Å². The maximum atomic E-state index is 12.2. The number of aromatic nitrogens is 1. The molecule has 0 aliphatic carbocycles. The second kappa shape index (κ2) is 13.8. The third-order valence-corrected chi connectivity index (χ3v) is 3.93. The minimum absolute atomic E-state index is 0. The van der Waals surface area contributed by atoms with E-state index in [9.17, 15) is 13.2 Å². The highest BCUT2D eigenvalue weighted by Crippen LogP contribution is 2.17. The number of ether oxygens (including phenoxy) is 1. The number of nitrogens with one attached hydrogen (secondary N) is 2. The molecule has 0 aliphatic heterocycles. The predicted molar refractivity (Wildman–Crippen MR) is 121 cm³/mol. The van der Waals surface area contributed by atoms with Gasteiger partial charge in [-0.25, -0.2) is 9.98 Å². The van der Waals surface area contributed by atoms with Crippen molar-refractivity contribution in [2.45, 2.75) is 59.4 Å². The normalized spacial score (nSPS) is 12.3. The third kappa shape index (κ3) is 12.1. The summed E-state index contributed by atoms with van der Waals surface area (Å²) in [6, 6.07) is 4.00. The molecule has 0 amide bonds. The average molecular weight is 531 g/mol. The van der Waals surface area contributed by atoms with Crippen LogP contribution < -0.4 is 15.4 Å². The molecule has 1 aromatic heterocycles. The van der Waals surface area contributed by atoms with Gasteiger partial charge in [-0.1, -0.05) is 6.07 Å². The van der Waals surface area contributed by atoms with Crippen molar-refractivity contribution < 1.29 is 17.9 Å². The van der Waals surface area contributed by atoms with Gasteiger partial charge in [-0.05, 0) is 40.2 Å². The Morgan fingerprint density at radius 1 is 1.17 bits per heavy atom. The minimum atomic E-state index is -4.38. The van der Waals surface area contributed by atoms with Crippen LogP contribution in [0.25, 0.3) is 0 Å². The lowest BCUT2D eigenvalue weighted by molar-refractivity contribution is -0.154. The van der Waals surface area contributed by atoms with Gasteiger partial charge in [0.2, 0.25) is 5.88 Å². The van der Waals surface area contributed by atoms with Crippen LogP contribution in [-0.4, -0.2) is 60.3 Å². The Bertz CT molecular complexity index is 587. The number of aliphatic imine (C=N–C) groups is 1. The highest BCUT2D eigenvalue weighted by Gasteiger charge is 2.28. The first kappa shape index (κ1) is 27.7. The summed E-state index contributed by atoms with van der Waals surface area (Å²) in [6.07, 6.45) is -2.91. The minimum Gasteiger partial charge on any atom is -0.468 e. The monoisotopic (exact) mass is 531 g/mol. The number of rotatable bonds is 10. The number of hydrogen-bond acceptors (Lipinski definition) is 4. The maximum Gasteiger partial charge on any atom is 0.422 e. The second-order valence-corrected chi connectivity index (χ2v) is 6.96. The fourth-order valence-corrected chi connectivity index (χ4v) is 2.67. The van der Waals surface area contributed by atoms with E-state index in [2.05, 4.69) is 57.9 Å². The Morgan fingerprint density at radius 2 is 1.83 bits per heavy atom. The topological polar surface area (TPSA) is 61.8 Å². The van der Waals surface area contributed by atoms with E-state index in [1.54, 1.807) is 6.07 Å². The fourth-order valence-electron chi connectivity index (χ4n) is 2.67. The van der Waals surface area contributed by atoms with E-state index >= 15 is 0 Å². The fraction of sp³-hybridized carbons (Fsp3) is 0.684. The van der Waals surface area contributed by atoms with Crippen molar-refractivity contribution in [1.29, 1.82) is 0 Å². The Kier molecular flexibility index (Phi) is 13.2. The van der Waals surface area contributed by atoms with Crippen LogP contribution in [0, 0.1) is 0 Å². The van der Waals surface area contributed by atoms with Crippen molar-refractivity contribution in [2.75, 3.05) is 26.2 Å². The zero-order valence-corrected chi connectivity index (χ0v) is 20.0. The molecule has 0 atom stereocenters. The number of halogens is 4. The van der Waals surface area contributed by atoms with Crippen molar-refractivity contribution in [1.82, 2.24) is 20.5 Å². The molecule has 168 valence electrons. The summed E-state index contributed by atoms with van der Waals surface area (Å²) < 4.78 is 41.1. The lowest BCUT2D eigenvalue weighted by atomic mass is 10.2. The molecule has 1 aromatic rings. The van der Waals surface area contributed by atoms with E-state index in [-0.39, 0.29) is 29.9 Å². The molecule has 0 saturated heterocycles. The van der Waals surface area contributed by atoms with E-state index in [4.69, 9.17) is 0 Å². The van der Waals surface area contributed by atoms with Crippen molar-refractivity contribution in [3.63, 3.8) is 0 Å². The SMILES string of the molecule is CCNC(=NCc1ccc(OCC(F)(F)F)nc1)NCCN(C(C)C)C(C)C.I. The molecule has 0 fully saturated rings. The van der Waals surface area contributed by atoms with Crippen LogP contribution in [0.1, 0.15) is 40.2 Å². The number of nitrogens with zero attached hydrogens (tertiary/aromatic N) is 3. The summed E-state index contributed by atoms with van der Waals surface area (Å²) in [7, 11) is 0. The summed E-state index contributed by atoms with van der Waals surface area (Å²) in [6.45, 7) is 12.1. The standard InChI is InChI=1S/C19H32F3N5O.HI/c1-6-23-18(24-9-10-27(14(2)3)15(4)5)26-12-16-7-8-17(25-11-16)28-13-19(20,21)22;/h7-8,11,14-15H,6,9-10,12-13H2,1-5H3,(H2,23,24,26);1H. The quantitative estimate of drug-likeness (QED) is 0.273. The van der Waals surface area contributed by atoms with Gasteiger partial charge in [0.25, 0.3) is 0 Å². The Balaban J connectivity index is 0.00000784. The number of pyridine rings is 1. The molecule has 6 nitrogen and oxygen atoms in total. The number of hydrogen-bond donors (Lipinski definition) is 2. The molecular formula is C19H33F3IN5O. The van der Waals surface area contributed by atoms with Crippen molar-refractivity contribution in [3.05, 3.63) is 23.9 Å². The maximum absolute atomic E-state index is 12.2. The van der Waals surface area contributed by atoms with Crippen LogP contribution in [0.5, 0.6) is 5.88 Å². The lowest BCUT2D eigenvalue weighted by Gasteiger charge is -2.30. The van der Waals surface area contributed by atoms with Crippen LogP contribution in [0.3, 0.4) is 0 Å². The van der Waals surface area contributed by atoms with Crippen molar-refractivity contribution in [2.24, 2.45) is 4.99 Å². The first-order valence-corrected chi connectivity index (χ1v) is 9.54. The smallest absolute Gasteiger partial charge is 0.422 e. The molecule has 0 radical (unpaired) electrons. The molecule has 0 saturated carbocycles. The van der Waals surface area contributed by atoms with Gasteiger partial charge in [0.15, 0.2) is 12.6 Å². The van der Waals surface area contributed by atoms with E-state index in [0.29, 0.717) is 24.6 Å². The van der Waals surface area contributed by atoms with Gasteiger partial charge < -0.3 is 15.4 Å². The highest BCUT2D eigenvalue weighted by molar-refractivity contribution is 14.0. The second-order valence-electron chi connectivity index (χ2n) is 6.96. The van der Waals surface area contributed by atoms with Gasteiger partial charge in [0.05, 0.1) is 6.54 Å². The molecule has 0 aromatic carbocycles. The summed E-state index contributed by atoms with van der Waals surface area (Å²) in [5.41, 5.74) is 0.780. The molecule has 10 heteroatoms. The molecule has 0 bridgehead atoms. The number of alkyl halides is 3. The molecule has 0 aliphatic rings. The van der Waals surface area contributed by atoms with Gasteiger partial charge in [-0.3, -0.25) is 4.90 Å². The Morgan fingerprint density at radius 3 is 2.31 bits per heavy atom. The predicted octanol–water partition coefficient (Wildman–Crippen LogP) is 3.81. The Hall–Kier alpha value is -1.30. The first-order valence-electron chi connectivity index (χ1n) is 9.54. The van der Waals surface area contributed by atoms with Crippen LogP contribution in [0.2, 0.25) is 0 Å². The molecule has 0 spiro atoms. The van der Waals surface area contributed by atoms with E-state index in [1.165, 1.54) is 12.3 Å². The van der Waals surface area contributed by atoms with Crippen LogP contribution in [0.15, 0.2) is 23.3 Å². The van der Waals surface area contributed by atoms with Gasteiger partial charge in [-0.15, -0.1) is 24.0 Å². The van der Waals surface area contributed by atoms with Crippen molar-refractivity contribution >= 4 is 29.9 Å². The molecule has 1 rings (SSSR count). The zero-order chi connectivity index (χ0) is 21.2. The average Bonchev–Trinajstić information content (AvgIpc) is 2.61. The molecule has 29 heavy (non-hydrogen) atoms. The van der Waals surface area contributed by atoms with Crippen molar-refractivity contribution in [3.8, 4) is 5.88 Å². The van der Waals surface area contributed by atoms with E-state index < -0.39 is 12.8 Å². The van der Waals surface area contributed by atoms with Gasteiger partial charge in [-0.2, -0.15) is 13.2 Å². The molecule has 0 unspecified atom stereocenters. The summed E-state index contributed by atoms with van der Waals surface area (Å²) >= 11 is 0. The molecule has 2 N–H and O–H groups in total. The van der Waals surface area contributed by atoms with Gasteiger partial charge in [0, 0.05) is 44.0 Å². The molecule has 1 heterocycles. The summed E-state index contributed by atoms with van der Waals surface area (Å²) in [4.78, 5) is 10.8. The summed E-state index contributed by atoms with van der Waals surface area (Å²) in [5.74, 6) is 0.630. The lowest BCUT2D eigenvalue weighted by Crippen LogP contribution is -2.45. The largest absolute Gasteiger partial charge is 0.468 e. The summed E-state index contributed by atoms with van der Waals surface area (Å²) in [5, 5.41) is 6.49. The van der Waals surface area contributed by atoms with Crippen LogP contribution in [-0.2, 0) is 6.54 Å². The Labute approximate surface area is 188 Å². The van der Waals surface area contributed by atoms with E-state index in [1.807, 2.05) is 6.92 Å². The van der Waals surface area contributed by atoms with Crippen LogP contribution in [0.4, 0.5) is 13.2 Å².